The van der Waals surface area contributed by atoms with E-state index in [1.54, 1.807) is 26.8 Å². The number of aromatic nitrogens is 2. The number of furan rings is 1. The SMILES string of the molecule is [2H]C(C)(C)c1cc(-c2[c-]cccc2)nc[c]1[Ge]([CH3])([CH3])[CH3].[2H]c1nc(-c2[c-]ccc3c2oc2cc4ccccc4cc23)c([2H])c(C([2H])([2H])C(C)(C)C)c1[2H].[Ir]. The second kappa shape index (κ2) is 14.5. The van der Waals surface area contributed by atoms with E-state index in [0.29, 0.717) is 16.7 Å². The summed E-state index contributed by atoms with van der Waals surface area (Å²) in [7, 11) is 0. The molecule has 0 amide bonds. The molecule has 48 heavy (non-hydrogen) atoms. The van der Waals surface area contributed by atoms with Crippen LogP contribution in [0.5, 0.6) is 0 Å². The number of hydrogen-bond acceptors (Lipinski definition) is 3. The zero-order chi connectivity index (χ0) is 38.7. The van der Waals surface area contributed by atoms with E-state index >= 15 is 0 Å². The summed E-state index contributed by atoms with van der Waals surface area (Å²) in [5.41, 5.74) is 3.63. The molecule has 5 heteroatoms. The maximum Gasteiger partial charge on any atom is 0.121 e. The Morgan fingerprint density at radius 2 is 1.62 bits per heavy atom. The average Bonchev–Trinajstić information content (AvgIpc) is 3.45. The van der Waals surface area contributed by atoms with Crippen molar-refractivity contribution in [3.8, 4) is 22.5 Å². The van der Waals surface area contributed by atoms with E-state index < -0.39 is 30.9 Å². The molecule has 1 radical (unpaired) electrons. The predicted octanol–water partition coefficient (Wildman–Crippen LogP) is 11.4. The molecule has 0 unspecified atom stereocenters. The van der Waals surface area contributed by atoms with Crippen LogP contribution in [0.15, 0.2) is 108 Å². The Bertz CT molecular complexity index is 2480. The largest absolute Gasteiger partial charge is 0.501 e. The molecule has 0 N–H and O–H groups in total. The summed E-state index contributed by atoms with van der Waals surface area (Å²) in [5.74, 6) is 6.45. The normalized spacial score (nSPS) is 14.2. The van der Waals surface area contributed by atoms with E-state index in [-0.39, 0.29) is 49.6 Å². The molecule has 247 valence electrons. The van der Waals surface area contributed by atoms with E-state index in [0.717, 1.165) is 38.4 Å². The van der Waals surface area contributed by atoms with Crippen LogP contribution in [0.1, 0.15) is 59.9 Å². The Balaban J connectivity index is 0.000000230. The summed E-state index contributed by atoms with van der Waals surface area (Å²) >= 11 is -2.03. The third kappa shape index (κ3) is 8.00. The predicted molar refractivity (Wildman–Crippen MR) is 202 cm³/mol. The van der Waals surface area contributed by atoms with Gasteiger partial charge in [-0.05, 0) is 46.4 Å². The molecule has 0 atom stereocenters. The van der Waals surface area contributed by atoms with Gasteiger partial charge >= 0.3 is 120 Å². The van der Waals surface area contributed by atoms with Gasteiger partial charge in [0.1, 0.15) is 5.58 Å². The fourth-order valence-corrected chi connectivity index (χ4v) is 8.96. The third-order valence-corrected chi connectivity index (χ3v) is 12.1. The first kappa shape index (κ1) is 28.3. The van der Waals surface area contributed by atoms with E-state index in [1.165, 1.54) is 4.40 Å². The van der Waals surface area contributed by atoms with Crippen LogP contribution in [0.3, 0.4) is 0 Å². The molecule has 0 fully saturated rings. The van der Waals surface area contributed by atoms with Gasteiger partial charge < -0.3 is 9.40 Å². The average molecular weight is 876 g/mol. The van der Waals surface area contributed by atoms with Crippen LogP contribution >= 0.6 is 0 Å². The first-order valence-corrected chi connectivity index (χ1v) is 23.3. The topological polar surface area (TPSA) is 38.9 Å². The Morgan fingerprint density at radius 3 is 2.29 bits per heavy atom. The van der Waals surface area contributed by atoms with Crippen LogP contribution in [-0.2, 0) is 26.5 Å². The van der Waals surface area contributed by atoms with Gasteiger partial charge in [-0.15, -0.1) is 18.2 Å². The van der Waals surface area contributed by atoms with Gasteiger partial charge in [0.15, 0.2) is 0 Å². The second-order valence-corrected chi connectivity index (χ2v) is 24.7. The number of rotatable bonds is 5. The maximum atomic E-state index is 8.82. The standard InChI is InChI=1S/C26H22NO.C17H22GeN.Ir/c1-26(2,3)16-17-11-12-27-23(13-17)21-10-6-9-20-22-14-18-7-4-5-8-19(18)15-24(22)28-25(20)21;1-13(2)15-11-17(14-9-7-6-8-10-14)19-12-16(15)18(3,4)5;/h4-9,11-15H,16H2,1-3H3;6-9,11-13H,1-5H3;/q2*-1;/i11D,12D,13D,16D2;13D;. The first-order valence-electron chi connectivity index (χ1n) is 18.9. The summed E-state index contributed by atoms with van der Waals surface area (Å²) in [6.45, 7) is 9.06. The van der Waals surface area contributed by atoms with Crippen molar-refractivity contribution in [2.45, 2.75) is 64.2 Å². The Hall–Kier alpha value is -3.57. The summed E-state index contributed by atoms with van der Waals surface area (Å²) in [4.78, 5) is 8.83. The molecule has 0 saturated heterocycles. The fourth-order valence-electron chi connectivity index (χ4n) is 5.64. The summed E-state index contributed by atoms with van der Waals surface area (Å²) < 4.78 is 58.7. The summed E-state index contributed by atoms with van der Waals surface area (Å²) in [6, 6.07) is 31.3. The molecule has 0 bridgehead atoms. The minimum absolute atomic E-state index is 0. The van der Waals surface area contributed by atoms with Crippen LogP contribution in [0.25, 0.3) is 55.2 Å². The molecule has 0 saturated carbocycles. The minimum atomic E-state index is -2.03. The third-order valence-electron chi connectivity index (χ3n) is 7.86. The van der Waals surface area contributed by atoms with Crippen LogP contribution in [0.2, 0.25) is 17.3 Å². The monoisotopic (exact) mass is 877 g/mol. The maximum absolute atomic E-state index is 8.82. The van der Waals surface area contributed by atoms with Crippen molar-refractivity contribution in [2.75, 3.05) is 0 Å². The number of hydrogen-bond donors (Lipinski definition) is 0. The van der Waals surface area contributed by atoms with Gasteiger partial charge in [0.2, 0.25) is 0 Å². The van der Waals surface area contributed by atoms with Crippen molar-refractivity contribution in [3.63, 3.8) is 0 Å². The van der Waals surface area contributed by atoms with Gasteiger partial charge in [-0.3, -0.25) is 0 Å². The molecule has 3 nitrogen and oxygen atoms in total. The molecule has 0 spiro atoms. The van der Waals surface area contributed by atoms with Crippen LogP contribution in [-0.4, -0.2) is 23.2 Å². The molecule has 3 aromatic heterocycles. The fraction of sp³-hybridized carbons (Fsp3) is 0.256. The summed E-state index contributed by atoms with van der Waals surface area (Å²) in [5, 5.41) is 3.86. The van der Waals surface area contributed by atoms with E-state index in [2.05, 4.69) is 51.5 Å². The Morgan fingerprint density at radius 1 is 0.896 bits per heavy atom. The molecule has 0 aliphatic rings. The van der Waals surface area contributed by atoms with Crippen molar-refractivity contribution in [1.29, 1.82) is 0 Å². The van der Waals surface area contributed by atoms with Crippen molar-refractivity contribution in [3.05, 3.63) is 127 Å². The van der Waals surface area contributed by atoms with Crippen molar-refractivity contribution in [2.24, 2.45) is 5.41 Å². The van der Waals surface area contributed by atoms with Crippen LogP contribution in [0.4, 0.5) is 0 Å². The second-order valence-electron chi connectivity index (χ2n) is 14.1. The zero-order valence-electron chi connectivity index (χ0n) is 34.7. The molecule has 0 aliphatic heterocycles. The quantitative estimate of drug-likeness (QED) is 0.128. The number of benzene rings is 4. The molecule has 7 rings (SSSR count). The molecule has 4 aromatic carbocycles. The van der Waals surface area contributed by atoms with Crippen LogP contribution in [0, 0.1) is 17.5 Å². The number of nitrogens with zero attached hydrogens (tertiary/aromatic N) is 2. The minimum Gasteiger partial charge on any atom is -0.501 e. The first-order chi connectivity index (χ1) is 24.7. The van der Waals surface area contributed by atoms with Gasteiger partial charge in [-0.1, -0.05) is 67.6 Å². The van der Waals surface area contributed by atoms with E-state index in [4.69, 9.17) is 12.6 Å². The van der Waals surface area contributed by atoms with E-state index in [9.17, 15) is 0 Å². The molecular weight excluding hydrogens is 825 g/mol. The van der Waals surface area contributed by atoms with E-state index in [1.807, 2.05) is 80.7 Å². The zero-order valence-corrected chi connectivity index (χ0v) is 33.2. The van der Waals surface area contributed by atoms with Crippen molar-refractivity contribution in [1.82, 2.24) is 9.97 Å². The molecule has 7 aromatic rings. The van der Waals surface area contributed by atoms with Gasteiger partial charge in [-0.25, -0.2) is 0 Å². The van der Waals surface area contributed by atoms with Gasteiger partial charge in [0.25, 0.3) is 0 Å². The molecule has 0 aliphatic carbocycles. The van der Waals surface area contributed by atoms with Gasteiger partial charge in [0, 0.05) is 34.4 Å². The van der Waals surface area contributed by atoms with Crippen molar-refractivity contribution >= 4 is 50.4 Å². The van der Waals surface area contributed by atoms with Gasteiger partial charge in [0.05, 0.1) is 9.70 Å². The molecule has 3 heterocycles. The smallest absolute Gasteiger partial charge is 0.121 e. The van der Waals surface area contributed by atoms with Gasteiger partial charge in [-0.2, -0.15) is 0 Å². The Labute approximate surface area is 310 Å². The van der Waals surface area contributed by atoms with Crippen molar-refractivity contribution < 1.29 is 32.7 Å². The number of pyridine rings is 2. The Kier molecular flexibility index (Phi) is 8.55. The summed E-state index contributed by atoms with van der Waals surface area (Å²) in [6.07, 6.45) is -0.396. The van der Waals surface area contributed by atoms with Crippen LogP contribution < -0.4 is 4.40 Å². The number of fused-ring (bicyclic) bond motifs is 4. The molecular formula is C43H44GeIrN2O-2.